The fourth-order valence-electron chi connectivity index (χ4n) is 1.37. The number of aromatic carboxylic acids is 1. The first-order valence-corrected chi connectivity index (χ1v) is 5.44. The summed E-state index contributed by atoms with van der Waals surface area (Å²) in [5.74, 6) is -1.33. The molecular weight excluding hydrogens is 265 g/mol. The number of hydrogen-bond acceptors (Lipinski definition) is 4. The normalized spacial score (nSPS) is 11.9. The number of aromatic nitrogens is 2. The summed E-state index contributed by atoms with van der Waals surface area (Å²) >= 11 is 0. The molecular formula is C11H13F3N2O3. The molecule has 5 nitrogen and oxygen atoms in total. The van der Waals surface area contributed by atoms with E-state index in [4.69, 9.17) is 5.11 Å². The number of hydrogen-bond donors (Lipinski definition) is 1. The fourth-order valence-corrected chi connectivity index (χ4v) is 1.37. The van der Waals surface area contributed by atoms with Gasteiger partial charge in [-0.2, -0.15) is 13.2 Å². The van der Waals surface area contributed by atoms with Gasteiger partial charge in [0.15, 0.2) is 5.82 Å². The first-order valence-electron chi connectivity index (χ1n) is 5.44. The van der Waals surface area contributed by atoms with Crippen LogP contribution in [0.15, 0.2) is 6.20 Å². The van der Waals surface area contributed by atoms with Crippen LogP contribution in [0, 0.1) is 0 Å². The van der Waals surface area contributed by atoms with Crippen molar-refractivity contribution in [3.63, 3.8) is 0 Å². The lowest BCUT2D eigenvalue weighted by molar-refractivity contribution is -0.177. The van der Waals surface area contributed by atoms with Crippen molar-refractivity contribution in [2.75, 3.05) is 6.61 Å². The number of carboxylic acids is 1. The van der Waals surface area contributed by atoms with Gasteiger partial charge in [0.1, 0.15) is 13.2 Å². The molecule has 19 heavy (non-hydrogen) atoms. The molecule has 0 aromatic carbocycles. The van der Waals surface area contributed by atoms with Gasteiger partial charge in [0.05, 0.1) is 11.3 Å². The second-order valence-electron chi connectivity index (χ2n) is 4.15. The van der Waals surface area contributed by atoms with E-state index in [1.807, 2.05) is 0 Å². The Morgan fingerprint density at radius 2 is 2.11 bits per heavy atom. The van der Waals surface area contributed by atoms with E-state index >= 15 is 0 Å². The summed E-state index contributed by atoms with van der Waals surface area (Å²) in [6.45, 7) is 1.65. The molecule has 0 aliphatic rings. The molecule has 1 aromatic rings. The highest BCUT2D eigenvalue weighted by molar-refractivity contribution is 5.88. The number of carboxylic acid groups (broad SMARTS) is 1. The van der Waals surface area contributed by atoms with Crippen LogP contribution in [0.25, 0.3) is 0 Å². The summed E-state index contributed by atoms with van der Waals surface area (Å²) in [6.07, 6.45) is -3.33. The molecule has 0 spiro atoms. The Balaban J connectivity index is 2.82. The zero-order chi connectivity index (χ0) is 14.6. The largest absolute Gasteiger partial charge is 0.478 e. The fraction of sp³-hybridized carbons (Fsp3) is 0.545. The Labute approximate surface area is 107 Å². The van der Waals surface area contributed by atoms with Crippen LogP contribution < -0.4 is 0 Å². The first kappa shape index (κ1) is 15.4. The molecule has 1 aromatic heterocycles. The van der Waals surface area contributed by atoms with Gasteiger partial charge < -0.3 is 9.84 Å². The average molecular weight is 278 g/mol. The molecule has 0 aliphatic heterocycles. The van der Waals surface area contributed by atoms with Crippen molar-refractivity contribution in [3.8, 4) is 0 Å². The molecule has 1 N–H and O–H groups in total. The molecule has 1 heterocycles. The quantitative estimate of drug-likeness (QED) is 0.895. The van der Waals surface area contributed by atoms with Crippen molar-refractivity contribution < 1.29 is 27.8 Å². The highest BCUT2D eigenvalue weighted by Gasteiger charge is 2.27. The lowest BCUT2D eigenvalue weighted by atomic mass is 10.1. The standard InChI is InChI=1S/C11H13F3N2O3/c1-6(2)9-7(10(17)18)3-15-8(16-9)4-19-5-11(12,13)14/h3,6H,4-5H2,1-2H3,(H,17,18). The van der Waals surface area contributed by atoms with Crippen LogP contribution >= 0.6 is 0 Å². The third-order valence-corrected chi connectivity index (χ3v) is 2.14. The van der Waals surface area contributed by atoms with E-state index in [1.165, 1.54) is 0 Å². The van der Waals surface area contributed by atoms with Gasteiger partial charge in [0.25, 0.3) is 0 Å². The molecule has 0 fully saturated rings. The minimum atomic E-state index is -4.41. The van der Waals surface area contributed by atoms with Gasteiger partial charge in [-0.05, 0) is 5.92 Å². The van der Waals surface area contributed by atoms with Gasteiger partial charge in [-0.15, -0.1) is 0 Å². The number of alkyl halides is 3. The van der Waals surface area contributed by atoms with Crippen molar-refractivity contribution in [2.45, 2.75) is 32.5 Å². The minimum absolute atomic E-state index is 0.0259. The molecule has 106 valence electrons. The third kappa shape index (κ3) is 4.82. The van der Waals surface area contributed by atoms with E-state index in [9.17, 15) is 18.0 Å². The Kier molecular flexibility index (Phi) is 4.82. The number of rotatable bonds is 5. The van der Waals surface area contributed by atoms with Crippen LogP contribution in [-0.2, 0) is 11.3 Å². The molecule has 0 saturated heterocycles. The maximum Gasteiger partial charge on any atom is 0.411 e. The van der Waals surface area contributed by atoms with E-state index in [0.717, 1.165) is 6.20 Å². The van der Waals surface area contributed by atoms with Crippen molar-refractivity contribution in [2.24, 2.45) is 0 Å². The predicted octanol–water partition coefficient (Wildman–Crippen LogP) is 2.38. The molecule has 8 heteroatoms. The summed E-state index contributed by atoms with van der Waals surface area (Å²) in [4.78, 5) is 18.5. The van der Waals surface area contributed by atoms with Crippen molar-refractivity contribution in [1.29, 1.82) is 0 Å². The number of carbonyl (C=O) groups is 1. The van der Waals surface area contributed by atoms with Crippen LogP contribution in [0.5, 0.6) is 0 Å². The molecule has 0 amide bonds. The molecule has 0 unspecified atom stereocenters. The zero-order valence-electron chi connectivity index (χ0n) is 10.4. The van der Waals surface area contributed by atoms with Crippen molar-refractivity contribution in [3.05, 3.63) is 23.3 Å². The summed E-state index contributed by atoms with van der Waals surface area (Å²) in [5.41, 5.74) is 0.211. The summed E-state index contributed by atoms with van der Waals surface area (Å²) in [6, 6.07) is 0. The molecule has 1 rings (SSSR count). The van der Waals surface area contributed by atoms with Crippen LogP contribution in [0.4, 0.5) is 13.2 Å². The average Bonchev–Trinajstić information content (AvgIpc) is 2.26. The number of ether oxygens (including phenoxy) is 1. The Bertz CT molecular complexity index is 461. The van der Waals surface area contributed by atoms with E-state index in [2.05, 4.69) is 14.7 Å². The maximum absolute atomic E-state index is 11.9. The van der Waals surface area contributed by atoms with Crippen LogP contribution in [0.3, 0.4) is 0 Å². The van der Waals surface area contributed by atoms with Gasteiger partial charge in [0.2, 0.25) is 0 Å². The number of nitrogens with zero attached hydrogens (tertiary/aromatic N) is 2. The highest BCUT2D eigenvalue weighted by atomic mass is 19.4. The van der Waals surface area contributed by atoms with Gasteiger partial charge in [-0.3, -0.25) is 0 Å². The second kappa shape index (κ2) is 5.96. The van der Waals surface area contributed by atoms with Crippen LogP contribution in [0.1, 0.15) is 41.6 Å². The van der Waals surface area contributed by atoms with Gasteiger partial charge in [-0.25, -0.2) is 14.8 Å². The summed E-state index contributed by atoms with van der Waals surface area (Å²) in [5, 5.41) is 8.93. The monoisotopic (exact) mass is 278 g/mol. The van der Waals surface area contributed by atoms with E-state index in [1.54, 1.807) is 13.8 Å². The minimum Gasteiger partial charge on any atom is -0.478 e. The molecule has 0 saturated carbocycles. The summed E-state index contributed by atoms with van der Waals surface area (Å²) in [7, 11) is 0. The highest BCUT2D eigenvalue weighted by Crippen LogP contribution is 2.18. The predicted molar refractivity (Wildman–Crippen MR) is 58.8 cm³/mol. The van der Waals surface area contributed by atoms with Crippen LogP contribution in [0.2, 0.25) is 0 Å². The summed E-state index contributed by atoms with van der Waals surface area (Å²) < 4.78 is 40.1. The Hall–Kier alpha value is -1.70. The Morgan fingerprint density at radius 3 is 2.58 bits per heavy atom. The van der Waals surface area contributed by atoms with E-state index < -0.39 is 25.4 Å². The molecule has 0 aliphatic carbocycles. The molecule has 0 bridgehead atoms. The van der Waals surface area contributed by atoms with Gasteiger partial charge in [0, 0.05) is 6.20 Å². The SMILES string of the molecule is CC(C)c1nc(COCC(F)(F)F)ncc1C(=O)O. The van der Waals surface area contributed by atoms with Gasteiger partial charge in [-0.1, -0.05) is 13.8 Å². The van der Waals surface area contributed by atoms with Crippen molar-refractivity contribution >= 4 is 5.97 Å². The van der Waals surface area contributed by atoms with E-state index in [-0.39, 0.29) is 23.0 Å². The third-order valence-electron chi connectivity index (χ3n) is 2.14. The lowest BCUT2D eigenvalue weighted by Crippen LogP contribution is -2.18. The first-order chi connectivity index (χ1) is 8.70. The van der Waals surface area contributed by atoms with E-state index in [0.29, 0.717) is 0 Å². The smallest absolute Gasteiger partial charge is 0.411 e. The lowest BCUT2D eigenvalue weighted by Gasteiger charge is -2.11. The topological polar surface area (TPSA) is 72.3 Å². The molecule has 0 atom stereocenters. The zero-order valence-corrected chi connectivity index (χ0v) is 10.4. The second-order valence-corrected chi connectivity index (χ2v) is 4.15. The Morgan fingerprint density at radius 1 is 1.47 bits per heavy atom. The van der Waals surface area contributed by atoms with Crippen molar-refractivity contribution in [1.82, 2.24) is 9.97 Å². The van der Waals surface area contributed by atoms with Crippen LogP contribution in [-0.4, -0.2) is 33.8 Å². The maximum atomic E-state index is 11.9. The number of halogens is 3. The molecule has 0 radical (unpaired) electrons. The van der Waals surface area contributed by atoms with Gasteiger partial charge >= 0.3 is 12.1 Å².